The van der Waals surface area contributed by atoms with E-state index in [1.54, 1.807) is 0 Å². The molecule has 0 spiro atoms. The van der Waals surface area contributed by atoms with Crippen LogP contribution >= 0.6 is 0 Å². The number of nitriles is 1. The fourth-order valence-corrected chi connectivity index (χ4v) is 3.41. The van der Waals surface area contributed by atoms with Gasteiger partial charge < -0.3 is 10.1 Å². The first-order chi connectivity index (χ1) is 9.93. The Morgan fingerprint density at radius 2 is 2.10 bits per heavy atom. The second-order valence-corrected chi connectivity index (χ2v) is 6.50. The van der Waals surface area contributed by atoms with Gasteiger partial charge in [-0.2, -0.15) is 9.57 Å². The van der Waals surface area contributed by atoms with Crippen LogP contribution in [0.3, 0.4) is 0 Å². The molecule has 0 bridgehead atoms. The van der Waals surface area contributed by atoms with E-state index in [4.69, 9.17) is 10.00 Å². The van der Waals surface area contributed by atoms with Crippen molar-refractivity contribution in [2.45, 2.75) is 17.9 Å². The highest BCUT2D eigenvalue weighted by Gasteiger charge is 2.30. The Morgan fingerprint density at radius 3 is 2.67 bits per heavy atom. The quantitative estimate of drug-likeness (QED) is 0.879. The van der Waals surface area contributed by atoms with Gasteiger partial charge in [-0.3, -0.25) is 4.79 Å². The molecule has 8 heteroatoms. The standard InChI is InChI=1S/C13H15N3O4S/c1-10(17)15-11-2-4-13(5-3-11)21(18,19)16-6-7-20-12(8-14)9-16/h2-5,12H,6-7,9H2,1H3,(H,15,17). The van der Waals surface area contributed by atoms with E-state index in [9.17, 15) is 13.2 Å². The van der Waals surface area contributed by atoms with Gasteiger partial charge >= 0.3 is 0 Å². The average Bonchev–Trinajstić information content (AvgIpc) is 2.47. The molecule has 0 saturated carbocycles. The molecule has 1 heterocycles. The van der Waals surface area contributed by atoms with Crippen LogP contribution < -0.4 is 5.32 Å². The molecule has 1 amide bonds. The molecule has 1 fully saturated rings. The van der Waals surface area contributed by atoms with E-state index in [0.717, 1.165) is 0 Å². The van der Waals surface area contributed by atoms with Crippen LogP contribution in [-0.4, -0.2) is 44.4 Å². The van der Waals surface area contributed by atoms with Gasteiger partial charge in [-0.05, 0) is 24.3 Å². The van der Waals surface area contributed by atoms with Crippen LogP contribution in [0.5, 0.6) is 0 Å². The number of anilines is 1. The highest BCUT2D eigenvalue weighted by Crippen LogP contribution is 2.20. The summed E-state index contributed by atoms with van der Waals surface area (Å²) in [6.45, 7) is 1.81. The number of benzene rings is 1. The van der Waals surface area contributed by atoms with Gasteiger partial charge in [0.05, 0.1) is 24.1 Å². The summed E-state index contributed by atoms with van der Waals surface area (Å²) in [5.74, 6) is -0.226. The van der Waals surface area contributed by atoms with Crippen LogP contribution in [0.1, 0.15) is 6.92 Å². The van der Waals surface area contributed by atoms with Crippen molar-refractivity contribution < 1.29 is 17.9 Å². The second kappa shape index (κ2) is 6.22. The topological polar surface area (TPSA) is 99.5 Å². The van der Waals surface area contributed by atoms with E-state index in [1.165, 1.54) is 35.5 Å². The molecule has 1 aliphatic heterocycles. The number of rotatable bonds is 3. The van der Waals surface area contributed by atoms with Crippen molar-refractivity contribution in [3.05, 3.63) is 24.3 Å². The monoisotopic (exact) mass is 309 g/mol. The minimum atomic E-state index is -3.66. The molecule has 1 unspecified atom stereocenters. The Morgan fingerprint density at radius 1 is 1.43 bits per heavy atom. The molecular weight excluding hydrogens is 294 g/mol. The van der Waals surface area contributed by atoms with Crippen molar-refractivity contribution in [3.63, 3.8) is 0 Å². The summed E-state index contributed by atoms with van der Waals surface area (Å²) in [4.78, 5) is 11.0. The molecule has 1 N–H and O–H groups in total. The number of amides is 1. The first kappa shape index (κ1) is 15.4. The Hall–Kier alpha value is -1.95. The van der Waals surface area contributed by atoms with Crippen LogP contribution in [0.15, 0.2) is 29.2 Å². The third-order valence-electron chi connectivity index (χ3n) is 2.99. The molecule has 0 radical (unpaired) electrons. The van der Waals surface area contributed by atoms with Crippen LogP contribution in [0.4, 0.5) is 5.69 Å². The molecule has 112 valence electrons. The SMILES string of the molecule is CC(=O)Nc1ccc(S(=O)(=O)N2CCOC(C#N)C2)cc1. The predicted molar refractivity (Wildman–Crippen MR) is 74.9 cm³/mol. The smallest absolute Gasteiger partial charge is 0.243 e. The van der Waals surface area contributed by atoms with Crippen LogP contribution in [-0.2, 0) is 19.6 Å². The van der Waals surface area contributed by atoms with Crippen LogP contribution in [0.25, 0.3) is 0 Å². The Kier molecular flexibility index (Phi) is 4.57. The zero-order valence-electron chi connectivity index (χ0n) is 11.4. The summed E-state index contributed by atoms with van der Waals surface area (Å²) in [6, 6.07) is 7.82. The molecule has 7 nitrogen and oxygen atoms in total. The zero-order chi connectivity index (χ0) is 15.5. The van der Waals surface area contributed by atoms with Gasteiger partial charge in [0.15, 0.2) is 6.10 Å². The molecule has 1 saturated heterocycles. The van der Waals surface area contributed by atoms with Crippen molar-refractivity contribution in [3.8, 4) is 6.07 Å². The van der Waals surface area contributed by atoms with Gasteiger partial charge in [0.25, 0.3) is 0 Å². The minimum absolute atomic E-state index is 0.0201. The number of nitrogens with one attached hydrogen (secondary N) is 1. The van der Waals surface area contributed by atoms with Crippen molar-refractivity contribution in [1.82, 2.24) is 4.31 Å². The van der Waals surface area contributed by atoms with Crippen molar-refractivity contribution >= 4 is 21.6 Å². The highest BCUT2D eigenvalue weighted by atomic mass is 32.2. The minimum Gasteiger partial charge on any atom is -0.361 e. The van der Waals surface area contributed by atoms with E-state index in [2.05, 4.69) is 5.32 Å². The molecule has 2 rings (SSSR count). The highest BCUT2D eigenvalue weighted by molar-refractivity contribution is 7.89. The lowest BCUT2D eigenvalue weighted by Gasteiger charge is -2.28. The number of carbonyl (C=O) groups is 1. The summed E-state index contributed by atoms with van der Waals surface area (Å²) >= 11 is 0. The van der Waals surface area contributed by atoms with Gasteiger partial charge in [-0.15, -0.1) is 0 Å². The summed E-state index contributed by atoms with van der Waals surface area (Å²) < 4.78 is 31.3. The molecular formula is C13H15N3O4S. The summed E-state index contributed by atoms with van der Waals surface area (Å²) in [7, 11) is -3.66. The molecule has 0 aliphatic carbocycles. The lowest BCUT2D eigenvalue weighted by atomic mass is 10.3. The summed E-state index contributed by atoms with van der Waals surface area (Å²) in [6.07, 6.45) is -0.743. The zero-order valence-corrected chi connectivity index (χ0v) is 12.3. The first-order valence-corrected chi connectivity index (χ1v) is 7.76. The van der Waals surface area contributed by atoms with Gasteiger partial charge in [0, 0.05) is 19.2 Å². The number of hydrogen-bond acceptors (Lipinski definition) is 5. The summed E-state index contributed by atoms with van der Waals surface area (Å²) in [5.41, 5.74) is 0.526. The van der Waals surface area contributed by atoms with Gasteiger partial charge in [0.2, 0.25) is 15.9 Å². The Labute approximate surface area is 123 Å². The third kappa shape index (κ3) is 3.58. The largest absolute Gasteiger partial charge is 0.361 e. The fraction of sp³-hybridized carbons (Fsp3) is 0.385. The van der Waals surface area contributed by atoms with E-state index in [-0.39, 0.29) is 30.5 Å². The van der Waals surface area contributed by atoms with Gasteiger partial charge in [0.1, 0.15) is 0 Å². The van der Waals surface area contributed by atoms with Gasteiger partial charge in [-0.1, -0.05) is 0 Å². The normalized spacial score (nSPS) is 19.7. The lowest BCUT2D eigenvalue weighted by molar-refractivity contribution is -0.114. The molecule has 1 aromatic carbocycles. The molecule has 0 aromatic heterocycles. The molecule has 21 heavy (non-hydrogen) atoms. The van der Waals surface area contributed by atoms with Crippen LogP contribution in [0.2, 0.25) is 0 Å². The second-order valence-electron chi connectivity index (χ2n) is 4.56. The van der Waals surface area contributed by atoms with Gasteiger partial charge in [-0.25, -0.2) is 8.42 Å². The molecule has 1 aromatic rings. The first-order valence-electron chi connectivity index (χ1n) is 6.32. The summed E-state index contributed by atoms with van der Waals surface area (Å²) in [5, 5.41) is 11.4. The van der Waals surface area contributed by atoms with Crippen molar-refractivity contribution in [2.24, 2.45) is 0 Å². The number of nitrogens with zero attached hydrogens (tertiary/aromatic N) is 2. The lowest BCUT2D eigenvalue weighted by Crippen LogP contribution is -2.44. The maximum atomic E-state index is 12.5. The van der Waals surface area contributed by atoms with E-state index < -0.39 is 16.1 Å². The van der Waals surface area contributed by atoms with Crippen molar-refractivity contribution in [1.29, 1.82) is 5.26 Å². The Bertz CT molecular complexity index is 664. The average molecular weight is 309 g/mol. The predicted octanol–water partition coefficient (Wildman–Crippen LogP) is 0.558. The number of ether oxygens (including phenoxy) is 1. The molecule has 1 atom stereocenters. The number of carbonyl (C=O) groups excluding carboxylic acids is 1. The molecule has 1 aliphatic rings. The number of hydrogen-bond donors (Lipinski definition) is 1. The van der Waals surface area contributed by atoms with E-state index in [0.29, 0.717) is 5.69 Å². The number of sulfonamides is 1. The third-order valence-corrected chi connectivity index (χ3v) is 4.87. The van der Waals surface area contributed by atoms with E-state index >= 15 is 0 Å². The van der Waals surface area contributed by atoms with Crippen LogP contribution in [0, 0.1) is 11.3 Å². The fourth-order valence-electron chi connectivity index (χ4n) is 1.98. The van der Waals surface area contributed by atoms with E-state index in [1.807, 2.05) is 6.07 Å². The maximum absolute atomic E-state index is 12.5. The maximum Gasteiger partial charge on any atom is 0.243 e. The number of morpholine rings is 1. The van der Waals surface area contributed by atoms with Crippen molar-refractivity contribution in [2.75, 3.05) is 25.0 Å². The Balaban J connectivity index is 2.19.